The molecule has 0 radical (unpaired) electrons. The van der Waals surface area contributed by atoms with Gasteiger partial charge in [0.05, 0.1) is 36.2 Å². The predicted octanol–water partition coefficient (Wildman–Crippen LogP) is 3.55. The number of fused-ring (bicyclic) bond motifs is 1. The monoisotopic (exact) mass is 551 g/mol. The third kappa shape index (κ3) is 5.34. The number of rotatable bonds is 6. The third-order valence-corrected chi connectivity index (χ3v) is 8.45. The highest BCUT2D eigenvalue weighted by Gasteiger charge is 2.33. The van der Waals surface area contributed by atoms with Crippen LogP contribution in [0.4, 0.5) is 17.3 Å². The van der Waals surface area contributed by atoms with Crippen LogP contribution in [0.5, 0.6) is 0 Å². The first-order chi connectivity index (χ1) is 19.0. The number of hydrogen-bond acceptors (Lipinski definition) is 7. The number of carbonyl (C=O) groups is 1. The van der Waals surface area contributed by atoms with Crippen LogP contribution in [0.25, 0.3) is 5.65 Å². The first-order valence-electron chi connectivity index (χ1n) is 14.0. The van der Waals surface area contributed by atoms with Gasteiger partial charge in [-0.25, -0.2) is 9.19 Å². The number of likely N-dealkylation sites (tertiary alicyclic amines) is 1. The standard InChI is InChI=1S/C28H37N7O3S/c1-20-8-9-22(31-39(2)37)21(17-20)28(36)34-12-4-3-7-24(34)23-18-26-29-25(32-10-5-6-11-32)19-27(35(26)30-23)33-13-15-38-16-14-33/h8-9,17-19,24,31H,3-7,10-16H2,1-2H3. The van der Waals surface area contributed by atoms with Crippen molar-refractivity contribution >= 4 is 39.9 Å². The van der Waals surface area contributed by atoms with Gasteiger partial charge in [-0.1, -0.05) is 11.6 Å². The lowest BCUT2D eigenvalue weighted by atomic mass is 9.97. The average Bonchev–Trinajstić information content (AvgIpc) is 3.64. The highest BCUT2D eigenvalue weighted by atomic mass is 32.2. The van der Waals surface area contributed by atoms with Crippen LogP contribution in [0.3, 0.4) is 0 Å². The Labute approximate surface area is 231 Å². The van der Waals surface area contributed by atoms with Crippen LogP contribution >= 0.6 is 0 Å². The summed E-state index contributed by atoms with van der Waals surface area (Å²) >= 11 is 0. The minimum atomic E-state index is -1.28. The summed E-state index contributed by atoms with van der Waals surface area (Å²) in [7, 11) is -1.28. The highest BCUT2D eigenvalue weighted by Crippen LogP contribution is 2.35. The molecule has 2 atom stereocenters. The molecule has 2 unspecified atom stereocenters. The fourth-order valence-corrected chi connectivity index (χ4v) is 6.46. The molecule has 10 nitrogen and oxygen atoms in total. The van der Waals surface area contributed by atoms with Gasteiger partial charge in [0.15, 0.2) is 5.65 Å². The van der Waals surface area contributed by atoms with Crippen molar-refractivity contribution in [1.29, 1.82) is 0 Å². The summed E-state index contributed by atoms with van der Waals surface area (Å²) in [6.45, 7) is 7.67. The molecule has 39 heavy (non-hydrogen) atoms. The van der Waals surface area contributed by atoms with E-state index >= 15 is 0 Å². The fourth-order valence-electron chi connectivity index (χ4n) is 5.97. The zero-order valence-electron chi connectivity index (χ0n) is 22.8. The number of anilines is 3. The van der Waals surface area contributed by atoms with Gasteiger partial charge < -0.3 is 24.2 Å². The molecule has 5 heterocycles. The zero-order chi connectivity index (χ0) is 26.9. The number of piperidine rings is 1. The number of morpholine rings is 1. The van der Waals surface area contributed by atoms with Gasteiger partial charge in [0.25, 0.3) is 5.91 Å². The van der Waals surface area contributed by atoms with Crippen LogP contribution in [-0.2, 0) is 15.7 Å². The van der Waals surface area contributed by atoms with Crippen molar-refractivity contribution in [3.8, 4) is 0 Å². The van der Waals surface area contributed by atoms with Crippen LogP contribution in [0.15, 0.2) is 30.3 Å². The van der Waals surface area contributed by atoms with Crippen LogP contribution in [0.1, 0.15) is 59.8 Å². The van der Waals surface area contributed by atoms with Crippen molar-refractivity contribution in [2.75, 3.05) is 66.7 Å². The molecule has 3 saturated heterocycles. The van der Waals surface area contributed by atoms with Crippen molar-refractivity contribution in [3.05, 3.63) is 47.2 Å². The highest BCUT2D eigenvalue weighted by molar-refractivity contribution is 7.85. The summed E-state index contributed by atoms with van der Waals surface area (Å²) in [6, 6.07) is 9.73. The number of nitrogens with zero attached hydrogens (tertiary/aromatic N) is 6. The molecule has 3 fully saturated rings. The normalized spacial score (nSPS) is 21.0. The Morgan fingerprint density at radius 2 is 1.77 bits per heavy atom. The van der Waals surface area contributed by atoms with E-state index in [0.29, 0.717) is 31.0 Å². The Morgan fingerprint density at radius 1 is 1.00 bits per heavy atom. The molecule has 0 bridgehead atoms. The topological polar surface area (TPSA) is 95.3 Å². The molecule has 0 spiro atoms. The molecule has 2 aromatic heterocycles. The van der Waals surface area contributed by atoms with Crippen LogP contribution in [0, 0.1) is 6.92 Å². The van der Waals surface area contributed by atoms with E-state index < -0.39 is 11.0 Å². The average molecular weight is 552 g/mol. The summed E-state index contributed by atoms with van der Waals surface area (Å²) in [6.07, 6.45) is 6.76. The molecular weight excluding hydrogens is 514 g/mol. The minimum absolute atomic E-state index is 0.0625. The third-order valence-electron chi connectivity index (χ3n) is 7.94. The van der Waals surface area contributed by atoms with Gasteiger partial charge in [0, 0.05) is 51.1 Å². The zero-order valence-corrected chi connectivity index (χ0v) is 23.6. The lowest BCUT2D eigenvalue weighted by molar-refractivity contribution is 0.0606. The van der Waals surface area contributed by atoms with E-state index in [1.54, 1.807) is 6.26 Å². The largest absolute Gasteiger partial charge is 0.378 e. The molecule has 3 aliphatic heterocycles. The van der Waals surface area contributed by atoms with E-state index in [9.17, 15) is 9.00 Å². The summed E-state index contributed by atoms with van der Waals surface area (Å²) in [5.74, 6) is 1.96. The van der Waals surface area contributed by atoms with Gasteiger partial charge in [0.1, 0.15) is 22.6 Å². The summed E-state index contributed by atoms with van der Waals surface area (Å²) in [5, 5.41) is 5.09. The molecular formula is C28H37N7O3S. The second kappa shape index (κ2) is 11.1. The molecule has 1 N–H and O–H groups in total. The van der Waals surface area contributed by atoms with Gasteiger partial charge in [-0.2, -0.15) is 9.61 Å². The Hall–Kier alpha value is -3.18. The Balaban J connectivity index is 1.39. The SMILES string of the molecule is Cc1ccc(NS(C)=O)c(C(=O)N2CCCCC2c2cc3nc(N4CCCC4)cc(N4CCOCC4)n3n2)c1. The maximum Gasteiger partial charge on any atom is 0.256 e. The molecule has 0 aliphatic carbocycles. The summed E-state index contributed by atoms with van der Waals surface area (Å²) in [5.41, 5.74) is 3.81. The smallest absolute Gasteiger partial charge is 0.256 e. The number of amides is 1. The number of benzene rings is 1. The Bertz CT molecular complexity index is 1380. The summed E-state index contributed by atoms with van der Waals surface area (Å²) in [4.78, 5) is 25.7. The maximum atomic E-state index is 14.0. The van der Waals surface area contributed by atoms with Gasteiger partial charge in [0.2, 0.25) is 0 Å². The van der Waals surface area contributed by atoms with Gasteiger partial charge in [-0.15, -0.1) is 0 Å². The van der Waals surface area contributed by atoms with Crippen molar-refractivity contribution < 1.29 is 13.7 Å². The van der Waals surface area contributed by atoms with E-state index in [2.05, 4.69) is 26.7 Å². The molecule has 1 aromatic carbocycles. The number of aromatic nitrogens is 3. The Kier molecular flexibility index (Phi) is 7.44. The van der Waals surface area contributed by atoms with Crippen molar-refractivity contribution in [3.63, 3.8) is 0 Å². The van der Waals surface area contributed by atoms with E-state index in [-0.39, 0.29) is 11.9 Å². The maximum absolute atomic E-state index is 14.0. The molecule has 6 rings (SSSR count). The van der Waals surface area contributed by atoms with Gasteiger partial charge in [-0.05, 0) is 51.2 Å². The van der Waals surface area contributed by atoms with Crippen LogP contribution in [0.2, 0.25) is 0 Å². The first kappa shape index (κ1) is 26.1. The lowest BCUT2D eigenvalue weighted by Crippen LogP contribution is -2.39. The number of carbonyl (C=O) groups excluding carboxylic acids is 1. The van der Waals surface area contributed by atoms with Crippen molar-refractivity contribution in [2.45, 2.75) is 45.1 Å². The fraction of sp³-hybridized carbons (Fsp3) is 0.536. The van der Waals surface area contributed by atoms with E-state index in [1.807, 2.05) is 34.5 Å². The lowest BCUT2D eigenvalue weighted by Gasteiger charge is -2.35. The number of nitrogens with one attached hydrogen (secondary N) is 1. The van der Waals surface area contributed by atoms with E-state index in [4.69, 9.17) is 14.8 Å². The second-order valence-corrected chi connectivity index (χ2v) is 11.8. The number of ether oxygens (including phenoxy) is 1. The van der Waals surface area contributed by atoms with Gasteiger partial charge in [-0.3, -0.25) is 4.79 Å². The minimum Gasteiger partial charge on any atom is -0.378 e. The quantitative estimate of drug-likeness (QED) is 0.501. The molecule has 208 valence electrons. The molecule has 11 heteroatoms. The van der Waals surface area contributed by atoms with Crippen molar-refractivity contribution in [2.24, 2.45) is 0 Å². The number of hydrogen-bond donors (Lipinski definition) is 1. The number of aryl methyl sites for hydroxylation is 1. The van der Waals surface area contributed by atoms with E-state index in [0.717, 1.165) is 74.0 Å². The predicted molar refractivity (Wildman–Crippen MR) is 154 cm³/mol. The van der Waals surface area contributed by atoms with E-state index in [1.165, 1.54) is 12.8 Å². The van der Waals surface area contributed by atoms with Crippen molar-refractivity contribution in [1.82, 2.24) is 19.5 Å². The van der Waals surface area contributed by atoms with Crippen LogP contribution in [-0.4, -0.2) is 81.8 Å². The van der Waals surface area contributed by atoms with Crippen LogP contribution < -0.4 is 14.5 Å². The molecule has 1 amide bonds. The Morgan fingerprint density at radius 3 is 2.54 bits per heavy atom. The van der Waals surface area contributed by atoms with Gasteiger partial charge >= 0.3 is 0 Å². The summed E-state index contributed by atoms with van der Waals surface area (Å²) < 4.78 is 22.5. The molecule has 3 aromatic rings. The molecule has 0 saturated carbocycles. The second-order valence-electron chi connectivity index (χ2n) is 10.7. The molecule has 3 aliphatic rings. The first-order valence-corrected chi connectivity index (χ1v) is 15.5.